The maximum Gasteiger partial charge on any atom is 0.464 e. The summed E-state index contributed by atoms with van der Waals surface area (Å²) in [7, 11) is 1.06. The van der Waals surface area contributed by atoms with Gasteiger partial charge in [0.05, 0.1) is 37.1 Å². The fourth-order valence-corrected chi connectivity index (χ4v) is 3.31. The Kier molecular flexibility index (Phi) is 6.94. The lowest BCUT2D eigenvalue weighted by molar-refractivity contribution is -0.237. The number of methoxy groups -OCH3 is 1. The number of nitrogens with one attached hydrogen (secondary N) is 1. The highest BCUT2D eigenvalue weighted by atomic mass is 32.2. The van der Waals surface area contributed by atoms with Crippen LogP contribution in [0.3, 0.4) is 0 Å². The van der Waals surface area contributed by atoms with Gasteiger partial charge in [-0.25, -0.2) is 4.79 Å². The number of carbonyl (C=O) groups is 2. The summed E-state index contributed by atoms with van der Waals surface area (Å²) in [6.45, 7) is -0.754. The third-order valence-electron chi connectivity index (χ3n) is 3.92. The van der Waals surface area contributed by atoms with Gasteiger partial charge < -0.3 is 20.1 Å². The number of hydrogen-bond donors (Lipinski definition) is 2. The van der Waals surface area contributed by atoms with Gasteiger partial charge in [-0.1, -0.05) is 6.07 Å². The minimum atomic E-state index is -5.85. The Morgan fingerprint density at radius 3 is 2.57 bits per heavy atom. The van der Waals surface area contributed by atoms with Crippen LogP contribution in [0.5, 0.6) is 0 Å². The second-order valence-corrected chi connectivity index (χ2v) is 6.98. The van der Waals surface area contributed by atoms with Crippen LogP contribution in [0.25, 0.3) is 0 Å². The van der Waals surface area contributed by atoms with Gasteiger partial charge in [-0.3, -0.25) is 4.79 Å². The van der Waals surface area contributed by atoms with Crippen molar-refractivity contribution in [2.75, 3.05) is 32.1 Å². The van der Waals surface area contributed by atoms with Gasteiger partial charge in [-0.2, -0.15) is 27.2 Å². The molecule has 0 unspecified atom stereocenters. The number of rotatable bonds is 7. The number of carbonyl (C=O) groups excluding carboxylic acids is 2. The van der Waals surface area contributed by atoms with Gasteiger partial charge >= 0.3 is 17.4 Å². The molecule has 0 radical (unpaired) electrons. The molecule has 0 saturated carbocycles. The van der Waals surface area contributed by atoms with Gasteiger partial charge in [0.25, 0.3) is 5.91 Å². The molecule has 0 aromatic heterocycles. The molecule has 1 aliphatic rings. The predicted octanol–water partition coefficient (Wildman–Crippen LogP) is 2.48. The number of hydrogen-bond acceptors (Lipinski definition) is 7. The lowest BCUT2D eigenvalue weighted by Crippen LogP contribution is -2.32. The molecule has 0 spiro atoms. The number of nitriles is 1. The molecular weight excluding hydrogens is 437 g/mol. The summed E-state index contributed by atoms with van der Waals surface area (Å²) in [5.41, 5.74) is -1.32. The Labute approximate surface area is 171 Å². The van der Waals surface area contributed by atoms with Gasteiger partial charge in [-0.15, -0.1) is 0 Å². The third kappa shape index (κ3) is 4.65. The number of amides is 1. The number of nitrogens with zero attached hydrogens (tertiary/aromatic N) is 2. The van der Waals surface area contributed by atoms with Crippen LogP contribution in [0.4, 0.5) is 27.6 Å². The van der Waals surface area contributed by atoms with Gasteiger partial charge in [-0.05, 0) is 23.9 Å². The monoisotopic (exact) mass is 451 g/mol. The molecule has 30 heavy (non-hydrogen) atoms. The first-order valence-corrected chi connectivity index (χ1v) is 8.93. The molecular formula is C17H14F5N3O4S. The van der Waals surface area contributed by atoms with Crippen molar-refractivity contribution >= 4 is 29.3 Å². The minimum absolute atomic E-state index is 0.122. The molecule has 0 atom stereocenters. The number of benzene rings is 1. The van der Waals surface area contributed by atoms with Crippen molar-refractivity contribution in [2.45, 2.75) is 16.3 Å². The number of β-amino-alcohol motifs (C(OH)–C–C–N with tert-alkyl or cyclic N) is 1. The van der Waals surface area contributed by atoms with Crippen LogP contribution in [-0.4, -0.2) is 60.1 Å². The van der Waals surface area contributed by atoms with Crippen molar-refractivity contribution in [1.29, 1.82) is 5.26 Å². The van der Waals surface area contributed by atoms with Crippen LogP contribution >= 0.6 is 11.8 Å². The largest absolute Gasteiger partial charge is 0.466 e. The molecule has 0 bridgehead atoms. The van der Waals surface area contributed by atoms with Crippen molar-refractivity contribution in [1.82, 2.24) is 4.90 Å². The van der Waals surface area contributed by atoms with E-state index < -0.39 is 52.1 Å². The van der Waals surface area contributed by atoms with Crippen LogP contribution in [-0.2, 0) is 14.3 Å². The van der Waals surface area contributed by atoms with Crippen molar-refractivity contribution < 1.29 is 41.4 Å². The Morgan fingerprint density at radius 2 is 2.03 bits per heavy atom. The average Bonchev–Trinajstić information content (AvgIpc) is 2.96. The summed E-state index contributed by atoms with van der Waals surface area (Å²) >= 11 is -0.860. The third-order valence-corrected chi connectivity index (χ3v) is 4.97. The first-order valence-electron chi connectivity index (χ1n) is 8.12. The Bertz CT molecular complexity index is 927. The van der Waals surface area contributed by atoms with E-state index in [-0.39, 0.29) is 30.0 Å². The van der Waals surface area contributed by atoms with E-state index in [9.17, 15) is 36.8 Å². The number of aliphatic hydroxyl groups is 1. The van der Waals surface area contributed by atoms with Gasteiger partial charge in [0.2, 0.25) is 0 Å². The number of thioether (sulfide) groups is 1. The summed E-state index contributed by atoms with van der Waals surface area (Å²) in [6, 6.07) is 4.73. The molecule has 1 aromatic rings. The Balaban J connectivity index is 2.46. The molecule has 1 amide bonds. The lowest BCUT2D eigenvalue weighted by Gasteiger charge is -2.20. The molecule has 7 nitrogen and oxygen atoms in total. The normalized spacial score (nSPS) is 14.7. The van der Waals surface area contributed by atoms with Gasteiger partial charge in [0.1, 0.15) is 11.8 Å². The topological polar surface area (TPSA) is 103 Å². The highest BCUT2D eigenvalue weighted by molar-refractivity contribution is 8.00. The van der Waals surface area contributed by atoms with Crippen molar-refractivity contribution in [3.05, 3.63) is 35.0 Å². The predicted molar refractivity (Wildman–Crippen MR) is 94.3 cm³/mol. The number of ether oxygens (including phenoxy) is 1. The number of halogens is 5. The second-order valence-electron chi connectivity index (χ2n) is 5.83. The fourth-order valence-electron chi connectivity index (χ4n) is 2.52. The summed E-state index contributed by atoms with van der Waals surface area (Å²) in [5, 5.41) is 15.7. The number of alkyl halides is 5. The highest BCUT2D eigenvalue weighted by Crippen LogP contribution is 2.49. The molecule has 162 valence electrons. The number of esters is 1. The second kappa shape index (κ2) is 8.88. The molecule has 13 heteroatoms. The number of aliphatic hydroxyl groups excluding tert-OH is 1. The van der Waals surface area contributed by atoms with Crippen molar-refractivity contribution in [3.8, 4) is 6.07 Å². The quantitative estimate of drug-likeness (QED) is 0.373. The molecule has 2 N–H and O–H groups in total. The molecule has 1 heterocycles. The molecule has 0 fully saturated rings. The molecule has 0 saturated heterocycles. The van der Waals surface area contributed by atoms with E-state index in [2.05, 4.69) is 10.1 Å². The van der Waals surface area contributed by atoms with E-state index in [1.807, 2.05) is 0 Å². The Morgan fingerprint density at radius 1 is 1.37 bits per heavy atom. The summed E-state index contributed by atoms with van der Waals surface area (Å²) in [5.74, 6) is -1.63. The number of anilines is 1. The van der Waals surface area contributed by atoms with E-state index in [1.165, 1.54) is 12.1 Å². The van der Waals surface area contributed by atoms with Crippen LogP contribution in [0.15, 0.2) is 34.4 Å². The van der Waals surface area contributed by atoms with E-state index >= 15 is 0 Å². The highest BCUT2D eigenvalue weighted by Gasteiger charge is 2.58. The fraction of sp³-hybridized carbons (Fsp3) is 0.353. The maximum absolute atomic E-state index is 13.4. The lowest BCUT2D eigenvalue weighted by atomic mass is 10.1. The van der Waals surface area contributed by atoms with Crippen molar-refractivity contribution in [2.24, 2.45) is 0 Å². The minimum Gasteiger partial charge on any atom is -0.466 e. The summed E-state index contributed by atoms with van der Waals surface area (Å²) in [6.07, 6.45) is -5.85. The SMILES string of the molecule is COC(=O)C1=C(Nc2cccc(SC(F)(F)C(F)(F)F)c2C#N)C(=O)N(CCO)C1. The Hall–Kier alpha value is -2.85. The zero-order chi connectivity index (χ0) is 22.7. The zero-order valence-electron chi connectivity index (χ0n) is 15.2. The van der Waals surface area contributed by atoms with E-state index in [0.29, 0.717) is 0 Å². The van der Waals surface area contributed by atoms with E-state index in [4.69, 9.17) is 5.11 Å². The maximum atomic E-state index is 13.4. The van der Waals surface area contributed by atoms with Crippen LogP contribution in [0.1, 0.15) is 5.56 Å². The molecule has 2 rings (SSSR count). The molecule has 1 aromatic carbocycles. The summed E-state index contributed by atoms with van der Waals surface area (Å²) in [4.78, 5) is 24.9. The van der Waals surface area contributed by atoms with E-state index in [0.717, 1.165) is 24.1 Å². The van der Waals surface area contributed by atoms with E-state index in [1.54, 1.807) is 0 Å². The standard InChI is InChI=1S/C17H14F5N3O4S/c1-29-15(28)10-8-25(5-6-26)14(27)13(10)24-11-3-2-4-12(9(11)7-23)30-17(21,22)16(18,19)20/h2-4,24,26H,5-6,8H2,1H3. The first-order chi connectivity index (χ1) is 14.0. The first kappa shape index (κ1) is 23.4. The average molecular weight is 451 g/mol. The molecule has 1 aliphatic heterocycles. The van der Waals surface area contributed by atoms with Gasteiger partial charge in [0, 0.05) is 11.4 Å². The molecule has 0 aliphatic carbocycles. The van der Waals surface area contributed by atoms with Crippen molar-refractivity contribution in [3.63, 3.8) is 0 Å². The van der Waals surface area contributed by atoms with Gasteiger partial charge in [0.15, 0.2) is 0 Å². The van der Waals surface area contributed by atoms with Crippen LogP contribution in [0.2, 0.25) is 0 Å². The van der Waals surface area contributed by atoms with Crippen LogP contribution in [0, 0.1) is 11.3 Å². The smallest absolute Gasteiger partial charge is 0.464 e. The summed E-state index contributed by atoms with van der Waals surface area (Å²) < 4.78 is 69.0. The van der Waals surface area contributed by atoms with Crippen LogP contribution < -0.4 is 5.32 Å². The zero-order valence-corrected chi connectivity index (χ0v) is 16.0.